The van der Waals surface area contributed by atoms with Gasteiger partial charge in [-0.1, -0.05) is 12.8 Å². The van der Waals surface area contributed by atoms with Crippen LogP contribution in [0.25, 0.3) is 0 Å². The van der Waals surface area contributed by atoms with Gasteiger partial charge in [0.25, 0.3) is 0 Å². The first-order valence-corrected chi connectivity index (χ1v) is 4.40. The molecule has 0 aliphatic carbocycles. The molecule has 0 heterocycles. The average molecular weight is 200 g/mol. The Labute approximate surface area is 83.9 Å². The van der Waals surface area contributed by atoms with Gasteiger partial charge in [-0.15, -0.1) is 12.8 Å². The van der Waals surface area contributed by atoms with Gasteiger partial charge in [-0.05, 0) is 12.8 Å². The van der Waals surface area contributed by atoms with E-state index < -0.39 is 11.9 Å². The highest BCUT2D eigenvalue weighted by molar-refractivity contribution is 5.66. The van der Waals surface area contributed by atoms with Crippen LogP contribution in [0.2, 0.25) is 0 Å². The Kier molecular flexibility index (Phi) is 12.3. The van der Waals surface area contributed by atoms with Crippen molar-refractivity contribution in [2.75, 3.05) is 0 Å². The van der Waals surface area contributed by atoms with E-state index in [0.29, 0.717) is 12.8 Å². The molecule has 0 rings (SSSR count). The monoisotopic (exact) mass is 200 g/mol. The van der Waals surface area contributed by atoms with Crippen molar-refractivity contribution in [1.82, 2.24) is 0 Å². The number of aliphatic carboxylic acids is 2. The Morgan fingerprint density at radius 3 is 1.29 bits per heavy atom. The Morgan fingerprint density at radius 2 is 1.07 bits per heavy atom. The third-order valence-corrected chi connectivity index (χ3v) is 1.53. The van der Waals surface area contributed by atoms with E-state index in [1.165, 1.54) is 0 Å². The highest BCUT2D eigenvalue weighted by atomic mass is 16.4. The topological polar surface area (TPSA) is 74.6 Å². The molecule has 0 saturated heterocycles. The summed E-state index contributed by atoms with van der Waals surface area (Å²) in [6, 6.07) is 0. The van der Waals surface area contributed by atoms with Crippen molar-refractivity contribution >= 4 is 11.9 Å². The van der Waals surface area contributed by atoms with Crippen molar-refractivity contribution in [3.63, 3.8) is 0 Å². The molecule has 0 unspecified atom stereocenters. The first-order valence-electron chi connectivity index (χ1n) is 4.40. The van der Waals surface area contributed by atoms with Gasteiger partial charge in [-0.25, -0.2) is 0 Å². The van der Waals surface area contributed by atoms with Gasteiger partial charge in [-0.2, -0.15) is 0 Å². The standard InChI is InChI=1S/C8H14O4.C2H2/c9-7(10)5-3-1-2-4-6-8(11)12;1-2/h1-6H2,(H,9,10)(H,11,12);1-2H. The number of hydrogen-bond donors (Lipinski definition) is 2. The molecule has 0 aromatic rings. The average Bonchev–Trinajstić information content (AvgIpc) is 2.13. The molecule has 80 valence electrons. The lowest BCUT2D eigenvalue weighted by Crippen LogP contribution is -1.95. The Morgan fingerprint density at radius 1 is 0.786 bits per heavy atom. The van der Waals surface area contributed by atoms with Crippen molar-refractivity contribution in [2.24, 2.45) is 0 Å². The normalized spacial score (nSPS) is 8.43. The van der Waals surface area contributed by atoms with Crippen LogP contribution in [0.3, 0.4) is 0 Å². The second-order valence-corrected chi connectivity index (χ2v) is 2.70. The third kappa shape index (κ3) is 16.8. The second-order valence-electron chi connectivity index (χ2n) is 2.70. The maximum atomic E-state index is 10.0. The fourth-order valence-corrected chi connectivity index (χ4v) is 0.906. The predicted octanol–water partition coefficient (Wildman–Crippen LogP) is 1.75. The van der Waals surface area contributed by atoms with E-state index in [1.807, 2.05) is 0 Å². The molecule has 4 heteroatoms. The molecule has 0 radical (unpaired) electrons. The summed E-state index contributed by atoms with van der Waals surface area (Å²) in [6.07, 6.45) is 11.3. The van der Waals surface area contributed by atoms with E-state index in [2.05, 4.69) is 12.8 Å². The minimum Gasteiger partial charge on any atom is -0.481 e. The Balaban J connectivity index is 0. The number of carboxylic acid groups (broad SMARTS) is 2. The van der Waals surface area contributed by atoms with Crippen LogP contribution in [0.5, 0.6) is 0 Å². The SMILES string of the molecule is C#C.O=C(O)CCCCCCC(=O)O. The molecule has 14 heavy (non-hydrogen) atoms. The zero-order chi connectivity index (χ0) is 11.4. The molecule has 0 amide bonds. The van der Waals surface area contributed by atoms with Crippen molar-refractivity contribution in [3.05, 3.63) is 0 Å². The quantitative estimate of drug-likeness (QED) is 0.485. The van der Waals surface area contributed by atoms with Crippen LogP contribution in [-0.2, 0) is 9.59 Å². The molecule has 2 N–H and O–H groups in total. The summed E-state index contributed by atoms with van der Waals surface area (Å²) in [5, 5.41) is 16.5. The molecule has 0 aromatic carbocycles. The molecule has 0 aromatic heterocycles. The van der Waals surface area contributed by atoms with E-state index in [-0.39, 0.29) is 12.8 Å². The number of unbranched alkanes of at least 4 members (excludes halogenated alkanes) is 3. The fraction of sp³-hybridized carbons (Fsp3) is 0.600. The number of hydrogen-bond acceptors (Lipinski definition) is 2. The first kappa shape index (κ1) is 15.0. The summed E-state index contributed by atoms with van der Waals surface area (Å²) in [5.74, 6) is -1.57. The lowest BCUT2D eigenvalue weighted by Gasteiger charge is -1.96. The number of terminal acetylenes is 1. The van der Waals surface area contributed by atoms with Crippen LogP contribution in [0, 0.1) is 12.8 Å². The van der Waals surface area contributed by atoms with Crippen LogP contribution < -0.4 is 0 Å². The maximum absolute atomic E-state index is 10.0. The molecule has 0 saturated carbocycles. The summed E-state index contributed by atoms with van der Waals surface area (Å²) in [7, 11) is 0. The molecule has 0 aliphatic heterocycles. The zero-order valence-electron chi connectivity index (χ0n) is 8.11. The highest BCUT2D eigenvalue weighted by Crippen LogP contribution is 2.04. The number of rotatable bonds is 7. The van der Waals surface area contributed by atoms with E-state index in [0.717, 1.165) is 12.8 Å². The summed E-state index contributed by atoms with van der Waals surface area (Å²) < 4.78 is 0. The van der Waals surface area contributed by atoms with Gasteiger partial charge in [-0.3, -0.25) is 9.59 Å². The first-order chi connectivity index (χ1) is 6.63. The molecule has 0 fully saturated rings. The van der Waals surface area contributed by atoms with E-state index >= 15 is 0 Å². The summed E-state index contributed by atoms with van der Waals surface area (Å²) in [6.45, 7) is 0. The van der Waals surface area contributed by atoms with Crippen molar-refractivity contribution < 1.29 is 19.8 Å². The fourth-order valence-electron chi connectivity index (χ4n) is 0.906. The Hall–Kier alpha value is -1.50. The lowest BCUT2D eigenvalue weighted by atomic mass is 10.1. The number of carboxylic acids is 2. The van der Waals surface area contributed by atoms with E-state index in [1.54, 1.807) is 0 Å². The van der Waals surface area contributed by atoms with Gasteiger partial charge in [0.05, 0.1) is 0 Å². The second kappa shape index (κ2) is 11.5. The van der Waals surface area contributed by atoms with Gasteiger partial charge >= 0.3 is 11.9 Å². The molecule has 4 nitrogen and oxygen atoms in total. The minimum absolute atomic E-state index is 0.188. The highest BCUT2D eigenvalue weighted by Gasteiger charge is 1.98. The van der Waals surface area contributed by atoms with Crippen LogP contribution in [0.15, 0.2) is 0 Å². The largest absolute Gasteiger partial charge is 0.481 e. The molecular formula is C10H16O4. The molecule has 0 bridgehead atoms. The summed E-state index contributed by atoms with van der Waals surface area (Å²) in [4.78, 5) is 20.1. The number of carbonyl (C=O) groups is 2. The predicted molar refractivity (Wildman–Crippen MR) is 52.9 cm³/mol. The van der Waals surface area contributed by atoms with E-state index in [4.69, 9.17) is 10.2 Å². The third-order valence-electron chi connectivity index (χ3n) is 1.53. The van der Waals surface area contributed by atoms with Crippen LogP contribution in [-0.4, -0.2) is 22.2 Å². The smallest absolute Gasteiger partial charge is 0.303 e. The Bertz CT molecular complexity index is 166. The van der Waals surface area contributed by atoms with Crippen molar-refractivity contribution in [2.45, 2.75) is 38.5 Å². The van der Waals surface area contributed by atoms with Crippen molar-refractivity contribution in [3.8, 4) is 12.8 Å². The van der Waals surface area contributed by atoms with Gasteiger partial charge < -0.3 is 10.2 Å². The van der Waals surface area contributed by atoms with E-state index in [9.17, 15) is 9.59 Å². The molecule has 0 spiro atoms. The van der Waals surface area contributed by atoms with Gasteiger partial charge in [0.15, 0.2) is 0 Å². The van der Waals surface area contributed by atoms with Crippen LogP contribution in [0.4, 0.5) is 0 Å². The zero-order valence-corrected chi connectivity index (χ0v) is 8.11. The lowest BCUT2D eigenvalue weighted by molar-refractivity contribution is -0.138. The molecule has 0 atom stereocenters. The maximum Gasteiger partial charge on any atom is 0.303 e. The van der Waals surface area contributed by atoms with Gasteiger partial charge in [0.1, 0.15) is 0 Å². The molecular weight excluding hydrogens is 184 g/mol. The van der Waals surface area contributed by atoms with Gasteiger partial charge in [0, 0.05) is 12.8 Å². The summed E-state index contributed by atoms with van der Waals surface area (Å²) in [5.41, 5.74) is 0. The van der Waals surface area contributed by atoms with Crippen LogP contribution in [0.1, 0.15) is 38.5 Å². The molecule has 0 aliphatic rings. The summed E-state index contributed by atoms with van der Waals surface area (Å²) >= 11 is 0. The minimum atomic E-state index is -0.784. The van der Waals surface area contributed by atoms with Crippen molar-refractivity contribution in [1.29, 1.82) is 0 Å². The van der Waals surface area contributed by atoms with Gasteiger partial charge in [0.2, 0.25) is 0 Å². The van der Waals surface area contributed by atoms with Crippen LogP contribution >= 0.6 is 0 Å².